The van der Waals surface area contributed by atoms with Crippen LogP contribution in [-0.4, -0.2) is 34.6 Å². The van der Waals surface area contributed by atoms with E-state index < -0.39 is 10.2 Å². The van der Waals surface area contributed by atoms with Crippen LogP contribution >= 0.6 is 0 Å². The van der Waals surface area contributed by atoms with E-state index in [0.29, 0.717) is 0 Å². The van der Waals surface area contributed by atoms with Gasteiger partial charge in [-0.05, 0) is 0 Å². The first-order valence-electron chi connectivity index (χ1n) is 1.10. The molecule has 0 aliphatic heterocycles. The van der Waals surface area contributed by atoms with Gasteiger partial charge in [0.2, 0.25) is 0 Å². The van der Waals surface area contributed by atoms with Gasteiger partial charge in [-0.25, -0.2) is 0 Å². The van der Waals surface area contributed by atoms with E-state index in [2.05, 4.69) is 0 Å². The third-order valence-corrected chi connectivity index (χ3v) is 0. The van der Waals surface area contributed by atoms with Gasteiger partial charge in [-0.3, -0.25) is 0 Å². The second-order valence-corrected chi connectivity index (χ2v) is 0.447. The maximum atomic E-state index is 8.25. The molecule has 0 spiro atoms. The minimum Gasteiger partial charge on any atom is -0.356 e. The van der Waals surface area contributed by atoms with Gasteiger partial charge in [0.25, 0.3) is 0 Å². The molecule has 0 atom stereocenters. The Morgan fingerprint density at radius 3 is 0.778 bits per heavy atom. The van der Waals surface area contributed by atoms with Crippen LogP contribution in [0.5, 0.6) is 0 Å². The summed E-state index contributed by atoms with van der Waals surface area (Å²) < 4.78 is 0. The molecule has 0 saturated carbocycles. The van der Waals surface area contributed by atoms with Crippen molar-refractivity contribution in [2.24, 2.45) is 0 Å². The van der Waals surface area contributed by atoms with E-state index in [9.17, 15) is 0 Å². The molecule has 3 radical (unpaired) electrons. The van der Waals surface area contributed by atoms with Gasteiger partial charge in [-0.15, -0.1) is 0 Å². The molecule has 0 fully saturated rings. The fraction of sp³-hybridized carbons (Fsp3) is 0. The molecule has 0 aromatic rings. The summed E-state index contributed by atoms with van der Waals surface area (Å²) in [5.74, 6) is 0. The summed E-state index contributed by atoms with van der Waals surface area (Å²) >= 11 is 0. The second-order valence-electron chi connectivity index (χ2n) is 0.447. The molecule has 0 aliphatic rings. The minimum absolute atomic E-state index is 0. The molecule has 0 heterocycles. The molecule has 0 aromatic carbocycles. The van der Waals surface area contributed by atoms with Gasteiger partial charge < -0.3 is 30.6 Å². The van der Waals surface area contributed by atoms with Crippen LogP contribution in [-0.2, 0) is 0 Å². The quantitative estimate of drug-likeness (QED) is 0.310. The average Bonchev–Trinajstić information content (AvgIpc) is 1.25. The van der Waals surface area contributed by atoms with Crippen LogP contribution in [0.3, 0.4) is 0 Å². The molecule has 0 rings (SSSR count). The largest absolute Gasteiger partial charge is 0.356 e. The molecule has 0 aromatic heterocycles. The third-order valence-electron chi connectivity index (χ3n) is 0. The monoisotopic (exact) mass is 245 g/mol. The summed E-state index contributed by atoms with van der Waals surface area (Å²) in [6.45, 7) is 0. The van der Waals surface area contributed by atoms with E-state index in [0.717, 1.165) is 0 Å². The zero-order valence-electron chi connectivity index (χ0n) is 3.79. The van der Waals surface area contributed by atoms with Crippen LogP contribution in [0.4, 0.5) is 0 Å². The standard InChI is InChI=1S/2NO3.Sb/c2*2-1(3)4;/q2*-1;. The molecule has 9 heavy (non-hydrogen) atoms. The zero-order valence-corrected chi connectivity index (χ0v) is 6.34. The van der Waals surface area contributed by atoms with Crippen molar-refractivity contribution < 1.29 is 10.2 Å². The molecule has 0 saturated heterocycles. The number of nitrogens with zero attached hydrogens (tertiary/aromatic N) is 2. The molecule has 8 nitrogen and oxygen atoms in total. The Hall–Kier alpha value is -0.782. The van der Waals surface area contributed by atoms with Gasteiger partial charge in [0.15, 0.2) is 0 Å². The Balaban J connectivity index is -0.0000000720. The Kier molecular flexibility index (Phi) is 17.9. The third kappa shape index (κ3) is 322. The molecule has 0 amide bonds. The topological polar surface area (TPSA) is 132 Å². The van der Waals surface area contributed by atoms with Gasteiger partial charge in [0, 0.05) is 24.4 Å². The van der Waals surface area contributed by atoms with E-state index >= 15 is 0 Å². The fourth-order valence-electron chi connectivity index (χ4n) is 0. The second kappa shape index (κ2) is 10.2. The van der Waals surface area contributed by atoms with E-state index in [1.165, 1.54) is 0 Å². The van der Waals surface area contributed by atoms with Crippen LogP contribution in [0.15, 0.2) is 0 Å². The van der Waals surface area contributed by atoms with Gasteiger partial charge in [0.1, 0.15) is 0 Å². The Bertz CT molecular complexity index is 69.1. The van der Waals surface area contributed by atoms with Crippen molar-refractivity contribution in [2.45, 2.75) is 0 Å². The van der Waals surface area contributed by atoms with E-state index in [1.54, 1.807) is 0 Å². The molecular weight excluding hydrogens is 246 g/mol. The van der Waals surface area contributed by atoms with Crippen molar-refractivity contribution in [2.75, 3.05) is 0 Å². The van der Waals surface area contributed by atoms with E-state index in [-0.39, 0.29) is 24.4 Å². The molecule has 0 aliphatic carbocycles. The van der Waals surface area contributed by atoms with Crippen LogP contribution in [0, 0.1) is 30.6 Å². The van der Waals surface area contributed by atoms with Crippen LogP contribution in [0.2, 0.25) is 0 Å². The van der Waals surface area contributed by atoms with Crippen LogP contribution in [0.1, 0.15) is 0 Å². The van der Waals surface area contributed by atoms with Crippen molar-refractivity contribution in [3.05, 3.63) is 30.6 Å². The summed E-state index contributed by atoms with van der Waals surface area (Å²) in [7, 11) is 0. The first-order valence-corrected chi connectivity index (χ1v) is 1.10. The average molecular weight is 246 g/mol. The van der Waals surface area contributed by atoms with Gasteiger partial charge in [-0.1, -0.05) is 0 Å². The molecule has 0 unspecified atom stereocenters. The van der Waals surface area contributed by atoms with E-state index in [4.69, 9.17) is 30.6 Å². The normalized spacial score (nSPS) is 5.33. The van der Waals surface area contributed by atoms with Crippen LogP contribution < -0.4 is 0 Å². The van der Waals surface area contributed by atoms with Crippen LogP contribution in [0.25, 0.3) is 0 Å². The summed E-state index contributed by atoms with van der Waals surface area (Å²) in [4.78, 5) is 16.5. The molecular formula is N2O6Sb-2. The predicted octanol–water partition coefficient (Wildman–Crippen LogP) is -0.859. The summed E-state index contributed by atoms with van der Waals surface area (Å²) in [6.07, 6.45) is 0. The van der Waals surface area contributed by atoms with Crippen molar-refractivity contribution in [3.63, 3.8) is 0 Å². The maximum absolute atomic E-state index is 8.25. The van der Waals surface area contributed by atoms with Crippen molar-refractivity contribution >= 4 is 24.4 Å². The molecule has 53 valence electrons. The Morgan fingerprint density at radius 2 is 0.778 bits per heavy atom. The van der Waals surface area contributed by atoms with E-state index in [1.807, 2.05) is 0 Å². The Labute approximate surface area is 65.8 Å². The summed E-state index contributed by atoms with van der Waals surface area (Å²) in [5, 5.41) is 29.5. The summed E-state index contributed by atoms with van der Waals surface area (Å²) in [6, 6.07) is 0. The van der Waals surface area contributed by atoms with Gasteiger partial charge >= 0.3 is 0 Å². The molecule has 0 N–H and O–H groups in total. The fourth-order valence-corrected chi connectivity index (χ4v) is 0. The van der Waals surface area contributed by atoms with Crippen molar-refractivity contribution in [1.82, 2.24) is 0 Å². The van der Waals surface area contributed by atoms with Crippen molar-refractivity contribution in [1.29, 1.82) is 0 Å². The number of hydrogen-bond acceptors (Lipinski definition) is 6. The number of rotatable bonds is 0. The maximum Gasteiger partial charge on any atom is 0.0689 e. The summed E-state index contributed by atoms with van der Waals surface area (Å²) in [5.41, 5.74) is 0. The van der Waals surface area contributed by atoms with Gasteiger partial charge in [0.05, 0.1) is 10.2 Å². The van der Waals surface area contributed by atoms with Gasteiger partial charge in [-0.2, -0.15) is 0 Å². The first-order chi connectivity index (χ1) is 3.46. The zero-order chi connectivity index (χ0) is 7.15. The van der Waals surface area contributed by atoms with Crippen molar-refractivity contribution in [3.8, 4) is 0 Å². The SMILES string of the molecule is O=[N+]([O-])[O-].O=[N+]([O-])[O-].[Sb]. The minimum atomic E-state index is -1.75. The number of hydrogen-bond donors (Lipinski definition) is 0. The molecule has 0 bridgehead atoms. The predicted molar refractivity (Wildman–Crippen MR) is 26.5 cm³/mol. The first kappa shape index (κ1) is 15.7. The Morgan fingerprint density at radius 1 is 0.778 bits per heavy atom. The smallest absolute Gasteiger partial charge is 0.0689 e. The molecule has 9 heteroatoms.